The number of aryl methyl sites for hydroxylation is 2. The highest BCUT2D eigenvalue weighted by Crippen LogP contribution is 2.25. The molecule has 0 unspecified atom stereocenters. The molecule has 3 nitrogen and oxygen atoms in total. The summed E-state index contributed by atoms with van der Waals surface area (Å²) in [6.45, 7) is 4.21. The SMILES string of the molecule is CCc1ccccc1Nc1nn(-c2ccccc2C)c(=S)s1. The fraction of sp³-hybridized carbons (Fsp3) is 0.176. The molecule has 0 aliphatic carbocycles. The molecule has 5 heteroatoms. The van der Waals surface area contributed by atoms with E-state index in [-0.39, 0.29) is 0 Å². The lowest BCUT2D eigenvalue weighted by molar-refractivity contribution is 0.866. The van der Waals surface area contributed by atoms with Crippen LogP contribution in [0.5, 0.6) is 0 Å². The van der Waals surface area contributed by atoms with E-state index in [2.05, 4.69) is 48.5 Å². The van der Waals surface area contributed by atoms with Crippen molar-refractivity contribution in [3.8, 4) is 5.69 Å². The van der Waals surface area contributed by atoms with Gasteiger partial charge < -0.3 is 5.32 Å². The van der Waals surface area contributed by atoms with Gasteiger partial charge >= 0.3 is 0 Å². The predicted molar refractivity (Wildman–Crippen MR) is 96.1 cm³/mol. The van der Waals surface area contributed by atoms with Crippen LogP contribution in [0.4, 0.5) is 10.8 Å². The van der Waals surface area contributed by atoms with Crippen LogP contribution >= 0.6 is 23.6 Å². The minimum absolute atomic E-state index is 0.741. The van der Waals surface area contributed by atoms with Gasteiger partial charge in [0.1, 0.15) is 0 Å². The van der Waals surface area contributed by atoms with E-state index < -0.39 is 0 Å². The van der Waals surface area contributed by atoms with Gasteiger partial charge in [-0.05, 0) is 48.8 Å². The smallest absolute Gasteiger partial charge is 0.209 e. The third-order valence-electron chi connectivity index (χ3n) is 3.53. The number of anilines is 2. The van der Waals surface area contributed by atoms with Crippen LogP contribution in [0.15, 0.2) is 48.5 Å². The molecule has 22 heavy (non-hydrogen) atoms. The average molecular weight is 327 g/mol. The standard InChI is InChI=1S/C17H17N3S2/c1-3-13-9-5-6-10-14(13)18-16-19-20(17(21)22-16)15-11-7-4-8-12(15)2/h4-11H,3H2,1-2H3,(H,18,19). The highest BCUT2D eigenvalue weighted by atomic mass is 32.1. The number of aromatic nitrogens is 2. The molecule has 0 aliphatic rings. The molecule has 0 amide bonds. The number of para-hydroxylation sites is 2. The second kappa shape index (κ2) is 6.42. The van der Waals surface area contributed by atoms with Gasteiger partial charge in [0, 0.05) is 5.69 Å². The van der Waals surface area contributed by atoms with Crippen molar-refractivity contribution < 1.29 is 0 Å². The molecule has 1 N–H and O–H groups in total. The lowest BCUT2D eigenvalue weighted by Crippen LogP contribution is -2.00. The van der Waals surface area contributed by atoms with Crippen LogP contribution in [-0.4, -0.2) is 9.78 Å². The number of hydrogen-bond donors (Lipinski definition) is 1. The maximum atomic E-state index is 5.47. The summed E-state index contributed by atoms with van der Waals surface area (Å²) in [5.74, 6) is 0. The Morgan fingerprint density at radius 3 is 2.64 bits per heavy atom. The van der Waals surface area contributed by atoms with Crippen LogP contribution in [0.3, 0.4) is 0 Å². The molecule has 0 radical (unpaired) electrons. The van der Waals surface area contributed by atoms with Crippen molar-refractivity contribution in [1.82, 2.24) is 9.78 Å². The van der Waals surface area contributed by atoms with Crippen molar-refractivity contribution in [2.45, 2.75) is 20.3 Å². The monoisotopic (exact) mass is 327 g/mol. The molecule has 0 spiro atoms. The summed E-state index contributed by atoms with van der Waals surface area (Å²) in [5.41, 5.74) is 4.54. The Balaban J connectivity index is 1.97. The zero-order chi connectivity index (χ0) is 15.5. The highest BCUT2D eigenvalue weighted by molar-refractivity contribution is 7.73. The van der Waals surface area contributed by atoms with Crippen LogP contribution in [0, 0.1) is 10.9 Å². The largest absolute Gasteiger partial charge is 0.330 e. The van der Waals surface area contributed by atoms with Crippen molar-refractivity contribution in [2.75, 3.05) is 5.32 Å². The van der Waals surface area contributed by atoms with Crippen LogP contribution in [-0.2, 0) is 6.42 Å². The number of benzene rings is 2. The first-order valence-corrected chi connectivity index (χ1v) is 8.42. The van der Waals surface area contributed by atoms with Gasteiger partial charge in [-0.15, -0.1) is 5.10 Å². The second-order valence-electron chi connectivity index (χ2n) is 5.01. The highest BCUT2D eigenvalue weighted by Gasteiger charge is 2.09. The molecule has 3 rings (SSSR count). The minimum atomic E-state index is 0.741. The van der Waals surface area contributed by atoms with E-state index in [0.717, 1.165) is 32.4 Å². The van der Waals surface area contributed by atoms with Crippen molar-refractivity contribution >= 4 is 34.4 Å². The van der Waals surface area contributed by atoms with E-state index in [9.17, 15) is 0 Å². The third-order valence-corrected chi connectivity index (χ3v) is 4.68. The molecule has 112 valence electrons. The molecule has 1 heterocycles. The van der Waals surface area contributed by atoms with Crippen molar-refractivity contribution in [3.63, 3.8) is 0 Å². The van der Waals surface area contributed by atoms with Crippen LogP contribution < -0.4 is 5.32 Å². The quantitative estimate of drug-likeness (QED) is 0.661. The molecule has 3 aromatic rings. The van der Waals surface area contributed by atoms with Gasteiger partial charge in [0.15, 0.2) is 3.95 Å². The predicted octanol–water partition coefficient (Wildman–Crippen LogP) is 5.28. The van der Waals surface area contributed by atoms with E-state index in [1.807, 2.05) is 28.9 Å². The molecule has 1 aromatic heterocycles. The van der Waals surface area contributed by atoms with Crippen molar-refractivity contribution in [3.05, 3.63) is 63.6 Å². The number of hydrogen-bond acceptors (Lipinski definition) is 4. The maximum Gasteiger partial charge on any atom is 0.209 e. The molecule has 0 atom stereocenters. The zero-order valence-electron chi connectivity index (χ0n) is 12.5. The fourth-order valence-corrected chi connectivity index (χ4v) is 3.40. The van der Waals surface area contributed by atoms with Gasteiger partial charge in [-0.3, -0.25) is 0 Å². The molecule has 0 aliphatic heterocycles. The molecule has 0 saturated heterocycles. The summed E-state index contributed by atoms with van der Waals surface area (Å²) in [7, 11) is 0. The van der Waals surface area contributed by atoms with Gasteiger partial charge in [0.2, 0.25) is 5.13 Å². The molecule has 0 saturated carbocycles. The summed E-state index contributed by atoms with van der Waals surface area (Å²) in [5, 5.41) is 8.84. The first-order valence-electron chi connectivity index (χ1n) is 7.20. The lowest BCUT2D eigenvalue weighted by atomic mass is 10.1. The van der Waals surface area contributed by atoms with Gasteiger partial charge in [0.05, 0.1) is 5.69 Å². The van der Waals surface area contributed by atoms with E-state index in [1.54, 1.807) is 0 Å². The first kappa shape index (κ1) is 14.9. The van der Waals surface area contributed by atoms with Gasteiger partial charge in [-0.1, -0.05) is 54.7 Å². The molecule has 2 aromatic carbocycles. The Kier molecular flexibility index (Phi) is 4.36. The normalized spacial score (nSPS) is 10.6. The minimum Gasteiger partial charge on any atom is -0.330 e. The fourth-order valence-electron chi connectivity index (χ4n) is 2.35. The van der Waals surface area contributed by atoms with Crippen molar-refractivity contribution in [2.24, 2.45) is 0 Å². The Bertz CT molecular complexity index is 849. The van der Waals surface area contributed by atoms with Crippen LogP contribution in [0.25, 0.3) is 5.69 Å². The number of nitrogens with one attached hydrogen (secondary N) is 1. The van der Waals surface area contributed by atoms with E-state index in [4.69, 9.17) is 12.2 Å². The second-order valence-corrected chi connectivity index (χ2v) is 6.63. The third kappa shape index (κ3) is 2.96. The Hall–Kier alpha value is -1.98. The Morgan fingerprint density at radius 1 is 1.14 bits per heavy atom. The maximum absolute atomic E-state index is 5.47. The number of nitrogens with zero attached hydrogens (tertiary/aromatic N) is 2. The summed E-state index contributed by atoms with van der Waals surface area (Å²) in [6, 6.07) is 16.4. The molecular weight excluding hydrogens is 310 g/mol. The number of rotatable bonds is 4. The first-order chi connectivity index (χ1) is 10.7. The molecule has 0 bridgehead atoms. The topological polar surface area (TPSA) is 29.9 Å². The molecular formula is C17H17N3S2. The van der Waals surface area contributed by atoms with E-state index in [0.29, 0.717) is 0 Å². The summed E-state index contributed by atoms with van der Waals surface area (Å²) in [6.07, 6.45) is 0.979. The molecule has 0 fully saturated rings. The lowest BCUT2D eigenvalue weighted by Gasteiger charge is -2.08. The summed E-state index contributed by atoms with van der Waals surface area (Å²) < 4.78 is 2.57. The Morgan fingerprint density at radius 2 is 1.86 bits per heavy atom. The van der Waals surface area contributed by atoms with Crippen molar-refractivity contribution in [1.29, 1.82) is 0 Å². The van der Waals surface area contributed by atoms with E-state index >= 15 is 0 Å². The summed E-state index contributed by atoms with van der Waals surface area (Å²) in [4.78, 5) is 0. The van der Waals surface area contributed by atoms with Gasteiger partial charge in [0.25, 0.3) is 0 Å². The zero-order valence-corrected chi connectivity index (χ0v) is 14.2. The average Bonchev–Trinajstić information content (AvgIpc) is 2.89. The van der Waals surface area contributed by atoms with Gasteiger partial charge in [-0.2, -0.15) is 0 Å². The van der Waals surface area contributed by atoms with E-state index in [1.165, 1.54) is 16.9 Å². The van der Waals surface area contributed by atoms with Crippen LogP contribution in [0.2, 0.25) is 0 Å². The van der Waals surface area contributed by atoms with Gasteiger partial charge in [-0.25, -0.2) is 4.68 Å². The summed E-state index contributed by atoms with van der Waals surface area (Å²) >= 11 is 6.96. The Labute approximate surface area is 139 Å². The van der Waals surface area contributed by atoms with Crippen LogP contribution in [0.1, 0.15) is 18.1 Å².